The molecule has 0 saturated carbocycles. The van der Waals surface area contributed by atoms with E-state index in [-0.39, 0.29) is 28.8 Å². The van der Waals surface area contributed by atoms with Crippen LogP contribution in [0.1, 0.15) is 30.9 Å². The Labute approximate surface area is 221 Å². The molecule has 2 amide bonds. The number of ether oxygens (including phenoxy) is 1. The standard InChI is InChI=1S/C26H27F3N4O4S/c27-26(28,29)23(37-31)22(30)20-9-10-21(38-20)24(34)32-14-19-15-36-12-11-33(19)25(35)18-8-4-7-17(13-18)16-5-2-1-3-6-16/h1-10,13,19,22-23H,11-12,14-15,30-31H2,(H,32,34)/t19-,22-,23?/m0/s1. The van der Waals surface area contributed by atoms with E-state index in [1.54, 1.807) is 11.0 Å². The van der Waals surface area contributed by atoms with Gasteiger partial charge in [-0.15, -0.1) is 11.3 Å². The molecule has 0 radical (unpaired) electrons. The quantitative estimate of drug-likeness (QED) is 0.371. The van der Waals surface area contributed by atoms with E-state index in [9.17, 15) is 22.8 Å². The van der Waals surface area contributed by atoms with Crippen LogP contribution < -0.4 is 16.9 Å². The maximum Gasteiger partial charge on any atom is 0.418 e. The first-order chi connectivity index (χ1) is 18.2. The van der Waals surface area contributed by atoms with Crippen molar-refractivity contribution in [1.29, 1.82) is 0 Å². The molecule has 1 aliphatic heterocycles. The molecule has 4 rings (SSSR count). The van der Waals surface area contributed by atoms with Crippen molar-refractivity contribution >= 4 is 23.2 Å². The first-order valence-electron chi connectivity index (χ1n) is 11.8. The van der Waals surface area contributed by atoms with Gasteiger partial charge in [-0.1, -0.05) is 42.5 Å². The molecule has 1 fully saturated rings. The van der Waals surface area contributed by atoms with E-state index in [1.165, 1.54) is 12.1 Å². The number of hydrogen-bond donors (Lipinski definition) is 3. The van der Waals surface area contributed by atoms with E-state index < -0.39 is 30.3 Å². The van der Waals surface area contributed by atoms with Crippen LogP contribution in [-0.2, 0) is 9.57 Å². The zero-order valence-electron chi connectivity index (χ0n) is 20.2. The summed E-state index contributed by atoms with van der Waals surface area (Å²) in [5, 5.41) is 2.75. The second-order valence-corrected chi connectivity index (χ2v) is 9.83. The number of nitrogens with zero attached hydrogens (tertiary/aromatic N) is 1. The number of nitrogens with two attached hydrogens (primary N) is 2. The van der Waals surface area contributed by atoms with Gasteiger partial charge >= 0.3 is 6.18 Å². The van der Waals surface area contributed by atoms with Crippen LogP contribution in [0.4, 0.5) is 13.2 Å². The van der Waals surface area contributed by atoms with Gasteiger partial charge in [-0.25, -0.2) is 5.90 Å². The lowest BCUT2D eigenvalue weighted by molar-refractivity contribution is -0.228. The topological polar surface area (TPSA) is 120 Å². The second kappa shape index (κ2) is 12.0. The molecular weight excluding hydrogens is 521 g/mol. The van der Waals surface area contributed by atoms with Gasteiger partial charge in [0.1, 0.15) is 0 Å². The zero-order valence-corrected chi connectivity index (χ0v) is 21.0. The van der Waals surface area contributed by atoms with Crippen molar-refractivity contribution in [3.8, 4) is 11.1 Å². The number of alkyl halides is 3. The summed E-state index contributed by atoms with van der Waals surface area (Å²) >= 11 is 0.815. The van der Waals surface area contributed by atoms with Gasteiger partial charge in [0, 0.05) is 23.5 Å². The molecule has 0 spiro atoms. The summed E-state index contributed by atoms with van der Waals surface area (Å²) in [5.74, 6) is 4.10. The Morgan fingerprint density at radius 1 is 1.11 bits per heavy atom. The van der Waals surface area contributed by atoms with Gasteiger partial charge in [-0.2, -0.15) is 13.2 Å². The minimum absolute atomic E-state index is 0.0963. The van der Waals surface area contributed by atoms with Gasteiger partial charge in [0.25, 0.3) is 11.8 Å². The summed E-state index contributed by atoms with van der Waals surface area (Å²) in [4.78, 5) is 32.1. The van der Waals surface area contributed by atoms with Crippen LogP contribution in [0.5, 0.6) is 0 Å². The summed E-state index contributed by atoms with van der Waals surface area (Å²) in [7, 11) is 0. The molecule has 3 atom stereocenters. The molecule has 38 heavy (non-hydrogen) atoms. The van der Waals surface area contributed by atoms with Gasteiger partial charge in [-0.3, -0.25) is 14.4 Å². The largest absolute Gasteiger partial charge is 0.418 e. The summed E-state index contributed by atoms with van der Waals surface area (Å²) in [5.41, 5.74) is 8.10. The third kappa shape index (κ3) is 6.40. The van der Waals surface area contributed by atoms with E-state index >= 15 is 0 Å². The van der Waals surface area contributed by atoms with E-state index in [4.69, 9.17) is 16.4 Å². The predicted molar refractivity (Wildman–Crippen MR) is 136 cm³/mol. The fraction of sp³-hybridized carbons (Fsp3) is 0.308. The number of rotatable bonds is 8. The normalized spacial score (nSPS) is 17.6. The highest BCUT2D eigenvalue weighted by atomic mass is 32.1. The number of carbonyl (C=O) groups is 2. The molecule has 2 heterocycles. The lowest BCUT2D eigenvalue weighted by Gasteiger charge is -2.35. The number of amides is 2. The van der Waals surface area contributed by atoms with E-state index in [0.29, 0.717) is 18.7 Å². The molecule has 12 heteroatoms. The zero-order chi connectivity index (χ0) is 27.3. The highest BCUT2D eigenvalue weighted by molar-refractivity contribution is 7.14. The lowest BCUT2D eigenvalue weighted by atomic mass is 10.0. The van der Waals surface area contributed by atoms with Crippen LogP contribution in [-0.4, -0.2) is 61.3 Å². The molecule has 202 valence electrons. The molecule has 0 aliphatic carbocycles. The minimum Gasteiger partial charge on any atom is -0.377 e. The summed E-state index contributed by atoms with van der Waals surface area (Å²) in [6.07, 6.45) is -7.17. The van der Waals surface area contributed by atoms with Crippen LogP contribution in [0.25, 0.3) is 11.1 Å². The third-order valence-electron chi connectivity index (χ3n) is 6.18. The van der Waals surface area contributed by atoms with E-state index in [2.05, 4.69) is 10.2 Å². The first kappa shape index (κ1) is 27.7. The Hall–Kier alpha value is -3.29. The van der Waals surface area contributed by atoms with Gasteiger partial charge in [0.2, 0.25) is 0 Å². The van der Waals surface area contributed by atoms with Gasteiger partial charge in [0.05, 0.1) is 30.2 Å². The number of nitrogens with one attached hydrogen (secondary N) is 1. The first-order valence-corrected chi connectivity index (χ1v) is 12.6. The van der Waals surface area contributed by atoms with Crippen LogP contribution in [0.15, 0.2) is 66.7 Å². The number of morpholine rings is 1. The summed E-state index contributed by atoms with van der Waals surface area (Å²) in [6.45, 7) is 1.04. The molecular formula is C26H27F3N4O4S. The number of halogens is 3. The lowest BCUT2D eigenvalue weighted by Crippen LogP contribution is -2.53. The summed E-state index contributed by atoms with van der Waals surface area (Å²) < 4.78 is 44.8. The predicted octanol–water partition coefficient (Wildman–Crippen LogP) is 3.51. The molecule has 1 aliphatic rings. The average molecular weight is 549 g/mol. The summed E-state index contributed by atoms with van der Waals surface area (Å²) in [6, 6.07) is 17.7. The number of thiophene rings is 1. The Morgan fingerprint density at radius 2 is 1.84 bits per heavy atom. The molecule has 8 nitrogen and oxygen atoms in total. The molecule has 2 aromatic carbocycles. The van der Waals surface area contributed by atoms with Crippen LogP contribution in [0.2, 0.25) is 0 Å². The van der Waals surface area contributed by atoms with Crippen molar-refractivity contribution in [3.63, 3.8) is 0 Å². The van der Waals surface area contributed by atoms with Crippen molar-refractivity contribution < 1.29 is 32.3 Å². The molecule has 0 bridgehead atoms. The van der Waals surface area contributed by atoms with Crippen molar-refractivity contribution in [2.45, 2.75) is 24.4 Å². The monoisotopic (exact) mass is 548 g/mol. The molecule has 5 N–H and O–H groups in total. The number of hydrogen-bond acceptors (Lipinski definition) is 7. The number of carbonyl (C=O) groups excluding carboxylic acids is 2. The third-order valence-corrected chi connectivity index (χ3v) is 7.36. The fourth-order valence-corrected chi connectivity index (χ4v) is 5.14. The van der Waals surface area contributed by atoms with Crippen molar-refractivity contribution in [1.82, 2.24) is 10.2 Å². The maximum absolute atomic E-state index is 13.4. The van der Waals surface area contributed by atoms with Gasteiger partial charge in [-0.05, 0) is 35.4 Å². The molecule has 1 saturated heterocycles. The Bertz CT molecular complexity index is 1250. The van der Waals surface area contributed by atoms with Crippen molar-refractivity contribution in [3.05, 3.63) is 82.0 Å². The second-order valence-electron chi connectivity index (χ2n) is 8.71. The van der Waals surface area contributed by atoms with Crippen LogP contribution in [0.3, 0.4) is 0 Å². The number of benzene rings is 2. The molecule has 1 aromatic heterocycles. The Balaban J connectivity index is 1.41. The van der Waals surface area contributed by atoms with Crippen molar-refractivity contribution in [2.24, 2.45) is 11.6 Å². The fourth-order valence-electron chi connectivity index (χ4n) is 4.19. The van der Waals surface area contributed by atoms with Crippen LogP contribution in [0, 0.1) is 0 Å². The molecule has 3 aromatic rings. The van der Waals surface area contributed by atoms with E-state index in [1.807, 2.05) is 48.5 Å². The highest BCUT2D eigenvalue weighted by Gasteiger charge is 2.45. The van der Waals surface area contributed by atoms with Gasteiger partial charge in [0.15, 0.2) is 6.10 Å². The minimum atomic E-state index is -4.77. The maximum atomic E-state index is 13.4. The Morgan fingerprint density at radius 3 is 2.55 bits per heavy atom. The van der Waals surface area contributed by atoms with Gasteiger partial charge < -0.3 is 20.7 Å². The van der Waals surface area contributed by atoms with Crippen molar-refractivity contribution in [2.75, 3.05) is 26.3 Å². The Kier molecular flexibility index (Phi) is 8.80. The molecule has 1 unspecified atom stereocenters. The van der Waals surface area contributed by atoms with Crippen LogP contribution >= 0.6 is 11.3 Å². The SMILES string of the molecule is NOC([C@@H](N)c1ccc(C(=O)NC[C@H]2COCCN2C(=O)c2cccc(-c3ccccc3)c2)s1)C(F)(F)F. The average Bonchev–Trinajstić information content (AvgIpc) is 3.42. The van der Waals surface area contributed by atoms with E-state index in [0.717, 1.165) is 22.5 Å². The smallest absolute Gasteiger partial charge is 0.377 e. The highest BCUT2D eigenvalue weighted by Crippen LogP contribution is 2.33.